The highest BCUT2D eigenvalue weighted by Crippen LogP contribution is 2.36. The average molecular weight is 419 g/mol. The second kappa shape index (κ2) is 8.71. The van der Waals surface area contributed by atoms with Gasteiger partial charge < -0.3 is 9.64 Å². The van der Waals surface area contributed by atoms with Gasteiger partial charge in [-0.1, -0.05) is 48.5 Å². The fourth-order valence-electron chi connectivity index (χ4n) is 4.43. The highest BCUT2D eigenvalue weighted by Gasteiger charge is 2.33. The number of hydrogen-bond donors (Lipinski definition) is 0. The molecule has 1 saturated heterocycles. The van der Waals surface area contributed by atoms with Gasteiger partial charge >= 0.3 is 0 Å². The third-order valence-corrected chi connectivity index (χ3v) is 6.52. The maximum atomic E-state index is 13.0. The number of likely N-dealkylation sites (tertiary alicyclic amines) is 1. The van der Waals surface area contributed by atoms with E-state index in [2.05, 4.69) is 4.98 Å². The maximum Gasteiger partial charge on any atom is 0.255 e. The summed E-state index contributed by atoms with van der Waals surface area (Å²) in [5.74, 6) is 1.97. The van der Waals surface area contributed by atoms with Crippen LogP contribution < -0.4 is 4.74 Å². The maximum absolute atomic E-state index is 13.0. The number of aromatic nitrogens is 1. The van der Waals surface area contributed by atoms with Gasteiger partial charge in [0.05, 0.1) is 15.6 Å². The van der Waals surface area contributed by atoms with E-state index in [1.54, 1.807) is 30.6 Å². The van der Waals surface area contributed by atoms with Gasteiger partial charge in [-0.2, -0.15) is 0 Å². The number of rotatable bonds is 4. The van der Waals surface area contributed by atoms with E-state index < -0.39 is 0 Å². The molecule has 2 fully saturated rings. The van der Waals surface area contributed by atoms with Crippen LogP contribution in [0.25, 0.3) is 0 Å². The molecule has 1 aliphatic carbocycles. The van der Waals surface area contributed by atoms with E-state index in [4.69, 9.17) is 27.9 Å². The lowest BCUT2D eigenvalue weighted by Gasteiger charge is -2.41. The molecule has 28 heavy (non-hydrogen) atoms. The Hall–Kier alpha value is -1.78. The number of piperidine rings is 1. The van der Waals surface area contributed by atoms with Crippen LogP contribution >= 0.6 is 23.2 Å². The molecular weight excluding hydrogens is 395 g/mol. The van der Waals surface area contributed by atoms with E-state index in [-0.39, 0.29) is 12.5 Å². The van der Waals surface area contributed by atoms with Crippen molar-refractivity contribution in [1.29, 1.82) is 0 Å². The summed E-state index contributed by atoms with van der Waals surface area (Å²) >= 11 is 12.3. The second-order valence-corrected chi connectivity index (χ2v) is 8.58. The summed E-state index contributed by atoms with van der Waals surface area (Å²) in [6, 6.07) is 7.09. The second-order valence-electron chi connectivity index (χ2n) is 7.77. The minimum absolute atomic E-state index is 0.0640. The lowest BCUT2D eigenvalue weighted by Crippen LogP contribution is -2.44. The zero-order valence-electron chi connectivity index (χ0n) is 15.7. The highest BCUT2D eigenvalue weighted by molar-refractivity contribution is 6.37. The Morgan fingerprint density at radius 3 is 2.64 bits per heavy atom. The molecule has 1 aliphatic heterocycles. The van der Waals surface area contributed by atoms with Crippen LogP contribution in [0.4, 0.5) is 0 Å². The molecule has 1 aromatic carbocycles. The molecule has 148 valence electrons. The topological polar surface area (TPSA) is 42.4 Å². The van der Waals surface area contributed by atoms with Crippen molar-refractivity contribution < 1.29 is 9.53 Å². The van der Waals surface area contributed by atoms with Crippen molar-refractivity contribution in [3.63, 3.8) is 0 Å². The Kier molecular flexibility index (Phi) is 6.07. The van der Waals surface area contributed by atoms with Crippen LogP contribution in [0.5, 0.6) is 5.75 Å². The Morgan fingerprint density at radius 1 is 1.11 bits per heavy atom. The molecule has 0 N–H and O–H groups in total. The molecule has 2 atom stereocenters. The summed E-state index contributed by atoms with van der Waals surface area (Å²) in [6.45, 7) is 1.97. The van der Waals surface area contributed by atoms with Crippen LogP contribution in [-0.4, -0.2) is 28.9 Å². The van der Waals surface area contributed by atoms with Crippen molar-refractivity contribution in [2.75, 3.05) is 13.1 Å². The number of pyridine rings is 1. The third kappa shape index (κ3) is 4.28. The van der Waals surface area contributed by atoms with E-state index in [9.17, 15) is 4.79 Å². The van der Waals surface area contributed by atoms with Crippen molar-refractivity contribution in [2.45, 2.75) is 38.7 Å². The van der Waals surface area contributed by atoms with Gasteiger partial charge in [0, 0.05) is 31.0 Å². The predicted molar refractivity (Wildman–Crippen MR) is 111 cm³/mol. The molecule has 2 aliphatic rings. The van der Waals surface area contributed by atoms with Crippen LogP contribution in [0.2, 0.25) is 10.0 Å². The number of hydrogen-bond acceptors (Lipinski definition) is 3. The lowest BCUT2D eigenvalue weighted by molar-refractivity contribution is 0.0520. The lowest BCUT2D eigenvalue weighted by atomic mass is 9.75. The molecule has 6 heteroatoms. The summed E-state index contributed by atoms with van der Waals surface area (Å²) in [5.41, 5.74) is 1.43. The van der Waals surface area contributed by atoms with Gasteiger partial charge in [0.25, 0.3) is 5.91 Å². The standard InChI is InChI=1S/C22H24Cl2N2O2/c23-19-6-3-7-20(24)21(19)28-14-15-10-18(12-25-11-15)22(27)26-9-8-16-4-1-2-5-17(16)13-26/h3,6-7,10-12,16-17H,1-2,4-5,8-9,13-14H2. The van der Waals surface area contributed by atoms with Gasteiger partial charge in [-0.05, 0) is 42.9 Å². The number of para-hydroxylation sites is 1. The molecule has 0 radical (unpaired) electrons. The van der Waals surface area contributed by atoms with Crippen LogP contribution in [0.1, 0.15) is 48.0 Å². The smallest absolute Gasteiger partial charge is 0.255 e. The highest BCUT2D eigenvalue weighted by atomic mass is 35.5. The van der Waals surface area contributed by atoms with Gasteiger partial charge in [0.2, 0.25) is 0 Å². The van der Waals surface area contributed by atoms with E-state index in [0.29, 0.717) is 27.3 Å². The molecule has 1 amide bonds. The van der Waals surface area contributed by atoms with Crippen molar-refractivity contribution in [3.8, 4) is 5.75 Å². The molecule has 2 heterocycles. The largest absolute Gasteiger partial charge is 0.486 e. The van der Waals surface area contributed by atoms with E-state index >= 15 is 0 Å². The molecule has 1 aromatic heterocycles. The quantitative estimate of drug-likeness (QED) is 0.646. The monoisotopic (exact) mass is 418 g/mol. The van der Waals surface area contributed by atoms with Crippen molar-refractivity contribution in [3.05, 3.63) is 57.8 Å². The van der Waals surface area contributed by atoms with Gasteiger partial charge in [-0.25, -0.2) is 0 Å². The minimum atomic E-state index is 0.0640. The van der Waals surface area contributed by atoms with Crippen LogP contribution in [0.3, 0.4) is 0 Å². The molecule has 0 bridgehead atoms. The third-order valence-electron chi connectivity index (χ3n) is 5.92. The predicted octanol–water partition coefficient (Wildman–Crippen LogP) is 5.62. The molecule has 4 rings (SSSR count). The first-order valence-electron chi connectivity index (χ1n) is 9.92. The van der Waals surface area contributed by atoms with Crippen LogP contribution in [-0.2, 0) is 6.61 Å². The molecule has 4 nitrogen and oxygen atoms in total. The number of carbonyl (C=O) groups is 1. The van der Waals surface area contributed by atoms with Crippen molar-refractivity contribution in [1.82, 2.24) is 9.88 Å². The number of carbonyl (C=O) groups excluding carboxylic acids is 1. The zero-order chi connectivity index (χ0) is 19.5. The van der Waals surface area contributed by atoms with Crippen molar-refractivity contribution >= 4 is 29.1 Å². The molecule has 1 saturated carbocycles. The number of fused-ring (bicyclic) bond motifs is 1. The first kappa shape index (κ1) is 19.5. The summed E-state index contributed by atoms with van der Waals surface area (Å²) in [6.07, 6.45) is 9.68. The number of ether oxygens (including phenoxy) is 1. The number of nitrogens with zero attached hydrogens (tertiary/aromatic N) is 2. The first-order chi connectivity index (χ1) is 13.6. The summed E-state index contributed by atoms with van der Waals surface area (Å²) in [7, 11) is 0. The SMILES string of the molecule is O=C(c1cncc(COc2c(Cl)cccc2Cl)c1)N1CCC2CCCCC2C1. The number of benzene rings is 1. The Balaban J connectivity index is 1.42. The minimum Gasteiger partial charge on any atom is -0.486 e. The Bertz CT molecular complexity index is 838. The number of amides is 1. The van der Waals surface area contributed by atoms with Crippen molar-refractivity contribution in [2.24, 2.45) is 11.8 Å². The fraction of sp³-hybridized carbons (Fsp3) is 0.455. The molecule has 0 spiro atoms. The summed E-state index contributed by atoms with van der Waals surface area (Å²) in [4.78, 5) is 19.3. The first-order valence-corrected chi connectivity index (χ1v) is 10.7. The zero-order valence-corrected chi connectivity index (χ0v) is 17.3. The van der Waals surface area contributed by atoms with Gasteiger partial charge in [0.1, 0.15) is 6.61 Å². The van der Waals surface area contributed by atoms with E-state index in [1.807, 2.05) is 11.0 Å². The number of halogens is 2. The van der Waals surface area contributed by atoms with E-state index in [1.165, 1.54) is 25.7 Å². The summed E-state index contributed by atoms with van der Waals surface area (Å²) < 4.78 is 5.78. The van der Waals surface area contributed by atoms with Gasteiger partial charge in [-0.3, -0.25) is 9.78 Å². The van der Waals surface area contributed by atoms with Gasteiger partial charge in [0.15, 0.2) is 5.75 Å². The molecular formula is C22H24Cl2N2O2. The fourth-order valence-corrected chi connectivity index (χ4v) is 4.93. The molecule has 2 unspecified atom stereocenters. The normalized spacial score (nSPS) is 21.9. The Morgan fingerprint density at radius 2 is 1.86 bits per heavy atom. The molecule has 2 aromatic rings. The summed E-state index contributed by atoms with van der Waals surface area (Å²) in [5, 5.41) is 0.922. The Labute approximate surface area is 175 Å². The average Bonchev–Trinajstić information content (AvgIpc) is 2.73. The van der Waals surface area contributed by atoms with E-state index in [0.717, 1.165) is 31.0 Å². The van der Waals surface area contributed by atoms with Crippen LogP contribution in [0.15, 0.2) is 36.7 Å². The van der Waals surface area contributed by atoms with Gasteiger partial charge in [-0.15, -0.1) is 0 Å². The van der Waals surface area contributed by atoms with Crippen LogP contribution in [0, 0.1) is 11.8 Å².